The predicted molar refractivity (Wildman–Crippen MR) is 58.0 cm³/mol. The second-order valence-corrected chi connectivity index (χ2v) is 3.75. The van der Waals surface area contributed by atoms with Gasteiger partial charge in [0, 0.05) is 0 Å². The first-order valence-corrected chi connectivity index (χ1v) is 5.00. The molecule has 2 nitrogen and oxygen atoms in total. The predicted octanol–water partition coefficient (Wildman–Crippen LogP) is 1.68. The zero-order valence-electron chi connectivity index (χ0n) is 7.22. The number of halogens is 2. The van der Waals surface area contributed by atoms with Crippen molar-refractivity contribution in [2.24, 2.45) is 0 Å². The molecule has 1 atom stereocenters. The number of likely N-dealkylation sites (N-methyl/N-ethyl adjacent to an activating group) is 1. The fourth-order valence-corrected chi connectivity index (χ4v) is 1.87. The van der Waals surface area contributed by atoms with E-state index in [2.05, 4.69) is 5.32 Å². The maximum Gasteiger partial charge on any atom is 0.136 e. The molecule has 0 amide bonds. The van der Waals surface area contributed by atoms with E-state index >= 15 is 0 Å². The van der Waals surface area contributed by atoms with Gasteiger partial charge in [-0.25, -0.2) is 4.39 Å². The zero-order valence-corrected chi connectivity index (χ0v) is 9.38. The van der Waals surface area contributed by atoms with Crippen LogP contribution in [-0.4, -0.2) is 18.8 Å². The van der Waals surface area contributed by atoms with Gasteiger partial charge in [0.05, 0.1) is 16.2 Å². The van der Waals surface area contributed by atoms with Gasteiger partial charge in [0.2, 0.25) is 0 Å². The lowest BCUT2D eigenvalue weighted by Gasteiger charge is -2.15. The summed E-state index contributed by atoms with van der Waals surface area (Å²) in [7, 11) is 1.74. The van der Waals surface area contributed by atoms with Gasteiger partial charge in [-0.05, 0) is 41.3 Å². The minimum Gasteiger partial charge on any atom is -0.394 e. The Balaban J connectivity index is 3.05. The molecule has 0 unspecified atom stereocenters. The highest BCUT2D eigenvalue weighted by molar-refractivity contribution is 14.1. The molecule has 0 fully saturated rings. The van der Waals surface area contributed by atoms with E-state index in [1.807, 2.05) is 28.7 Å². The highest BCUT2D eigenvalue weighted by Crippen LogP contribution is 2.21. The van der Waals surface area contributed by atoms with E-state index in [1.54, 1.807) is 13.1 Å². The summed E-state index contributed by atoms with van der Waals surface area (Å²) in [5, 5.41) is 11.9. The van der Waals surface area contributed by atoms with Crippen LogP contribution >= 0.6 is 22.6 Å². The number of benzene rings is 1. The normalized spacial score (nSPS) is 12.9. The molecule has 13 heavy (non-hydrogen) atoms. The van der Waals surface area contributed by atoms with Gasteiger partial charge >= 0.3 is 0 Å². The van der Waals surface area contributed by atoms with Crippen LogP contribution in [0.5, 0.6) is 0 Å². The lowest BCUT2D eigenvalue weighted by Crippen LogP contribution is -2.21. The highest BCUT2D eigenvalue weighted by atomic mass is 127. The first-order chi connectivity index (χ1) is 6.20. The maximum absolute atomic E-state index is 13.1. The molecular formula is C9H11FINO. The van der Waals surface area contributed by atoms with Crippen LogP contribution in [0.25, 0.3) is 0 Å². The van der Waals surface area contributed by atoms with Crippen molar-refractivity contribution in [1.82, 2.24) is 5.32 Å². The molecule has 0 aliphatic heterocycles. The first-order valence-electron chi connectivity index (χ1n) is 3.92. The Labute approximate surface area is 90.3 Å². The molecule has 0 aliphatic carbocycles. The summed E-state index contributed by atoms with van der Waals surface area (Å²) in [5.41, 5.74) is 0.797. The molecule has 72 valence electrons. The van der Waals surface area contributed by atoms with Gasteiger partial charge in [-0.2, -0.15) is 0 Å². The fraction of sp³-hybridized carbons (Fsp3) is 0.333. The Morgan fingerprint density at radius 1 is 1.62 bits per heavy atom. The van der Waals surface area contributed by atoms with Gasteiger partial charge in [0.25, 0.3) is 0 Å². The molecule has 1 rings (SSSR count). The van der Waals surface area contributed by atoms with Gasteiger partial charge in [-0.15, -0.1) is 0 Å². The van der Waals surface area contributed by atoms with Gasteiger partial charge in [-0.3, -0.25) is 0 Å². The molecule has 2 N–H and O–H groups in total. The topological polar surface area (TPSA) is 32.3 Å². The van der Waals surface area contributed by atoms with Gasteiger partial charge in [0.1, 0.15) is 5.82 Å². The van der Waals surface area contributed by atoms with Crippen molar-refractivity contribution in [3.8, 4) is 0 Å². The Kier molecular flexibility index (Phi) is 4.08. The number of rotatable bonds is 3. The number of aliphatic hydroxyl groups is 1. The Morgan fingerprint density at radius 2 is 2.31 bits per heavy atom. The van der Waals surface area contributed by atoms with Crippen LogP contribution < -0.4 is 5.32 Å². The third-order valence-electron chi connectivity index (χ3n) is 1.89. The molecule has 4 heteroatoms. The number of aliphatic hydroxyl groups excluding tert-OH is 1. The van der Waals surface area contributed by atoms with E-state index in [4.69, 9.17) is 5.11 Å². The van der Waals surface area contributed by atoms with Gasteiger partial charge in [-0.1, -0.05) is 12.1 Å². The quantitative estimate of drug-likeness (QED) is 0.832. The van der Waals surface area contributed by atoms with E-state index in [-0.39, 0.29) is 18.5 Å². The van der Waals surface area contributed by atoms with Crippen LogP contribution in [0.1, 0.15) is 11.6 Å². The second-order valence-electron chi connectivity index (χ2n) is 2.67. The highest BCUT2D eigenvalue weighted by Gasteiger charge is 2.13. The maximum atomic E-state index is 13.1. The lowest BCUT2D eigenvalue weighted by molar-refractivity contribution is 0.250. The molecule has 1 aromatic carbocycles. The van der Waals surface area contributed by atoms with Crippen molar-refractivity contribution in [2.45, 2.75) is 6.04 Å². The van der Waals surface area contributed by atoms with Gasteiger partial charge < -0.3 is 10.4 Å². The SMILES string of the molecule is CN[C@@H](CO)c1cccc(F)c1I. The van der Waals surface area contributed by atoms with Crippen molar-refractivity contribution in [1.29, 1.82) is 0 Å². The third kappa shape index (κ3) is 2.38. The molecule has 0 saturated carbocycles. The summed E-state index contributed by atoms with van der Waals surface area (Å²) >= 11 is 1.94. The number of hydrogen-bond acceptors (Lipinski definition) is 2. The zero-order chi connectivity index (χ0) is 9.84. The van der Waals surface area contributed by atoms with Crippen LogP contribution in [0.2, 0.25) is 0 Å². The minimum absolute atomic E-state index is 0.0318. The molecule has 0 heterocycles. The number of hydrogen-bond donors (Lipinski definition) is 2. The average Bonchev–Trinajstić information content (AvgIpc) is 2.14. The van der Waals surface area contributed by atoms with Crippen LogP contribution in [0, 0.1) is 9.39 Å². The molecule has 0 aromatic heterocycles. The van der Waals surface area contributed by atoms with Crippen LogP contribution in [0.3, 0.4) is 0 Å². The molecule has 0 aliphatic rings. The molecule has 1 aromatic rings. The summed E-state index contributed by atoms with van der Waals surface area (Å²) in [6.07, 6.45) is 0. The largest absolute Gasteiger partial charge is 0.394 e. The Hall–Kier alpha value is -0.200. The lowest BCUT2D eigenvalue weighted by atomic mass is 10.1. The van der Waals surface area contributed by atoms with Crippen molar-refractivity contribution >= 4 is 22.6 Å². The summed E-state index contributed by atoms with van der Waals surface area (Å²) in [6.45, 7) is -0.0318. The van der Waals surface area contributed by atoms with E-state index < -0.39 is 0 Å². The van der Waals surface area contributed by atoms with E-state index in [9.17, 15) is 4.39 Å². The van der Waals surface area contributed by atoms with E-state index in [0.29, 0.717) is 3.57 Å². The fourth-order valence-electron chi connectivity index (χ4n) is 1.13. The Morgan fingerprint density at radius 3 is 2.85 bits per heavy atom. The summed E-state index contributed by atoms with van der Waals surface area (Å²) in [4.78, 5) is 0. The third-order valence-corrected chi connectivity index (χ3v) is 3.03. The van der Waals surface area contributed by atoms with Gasteiger partial charge in [0.15, 0.2) is 0 Å². The summed E-state index contributed by atoms with van der Waals surface area (Å²) in [5.74, 6) is -0.244. The minimum atomic E-state index is -0.244. The van der Waals surface area contributed by atoms with E-state index in [1.165, 1.54) is 6.07 Å². The molecule has 0 saturated heterocycles. The van der Waals surface area contributed by atoms with Crippen LogP contribution in [-0.2, 0) is 0 Å². The summed E-state index contributed by atoms with van der Waals surface area (Å²) in [6, 6.07) is 4.67. The molecular weight excluding hydrogens is 284 g/mol. The molecule has 0 spiro atoms. The second kappa shape index (κ2) is 4.88. The smallest absolute Gasteiger partial charge is 0.136 e. The van der Waals surface area contributed by atoms with Crippen LogP contribution in [0.4, 0.5) is 4.39 Å². The van der Waals surface area contributed by atoms with Crippen molar-refractivity contribution in [3.05, 3.63) is 33.1 Å². The van der Waals surface area contributed by atoms with E-state index in [0.717, 1.165) is 5.56 Å². The van der Waals surface area contributed by atoms with Crippen molar-refractivity contribution in [2.75, 3.05) is 13.7 Å². The summed E-state index contributed by atoms with van der Waals surface area (Å²) < 4.78 is 13.7. The van der Waals surface area contributed by atoms with Crippen molar-refractivity contribution < 1.29 is 9.50 Å². The van der Waals surface area contributed by atoms with Crippen LogP contribution in [0.15, 0.2) is 18.2 Å². The Bertz CT molecular complexity index is 289. The monoisotopic (exact) mass is 295 g/mol. The molecule has 0 radical (unpaired) electrons. The first kappa shape index (κ1) is 10.9. The molecule has 0 bridgehead atoms. The average molecular weight is 295 g/mol. The van der Waals surface area contributed by atoms with Crippen molar-refractivity contribution in [3.63, 3.8) is 0 Å². The number of nitrogens with one attached hydrogen (secondary N) is 1. The standard InChI is InChI=1S/C9H11FINO/c1-12-8(5-13)6-3-2-4-7(10)9(6)11/h2-4,8,12-13H,5H2,1H3/t8-/m0/s1.